The molecule has 0 atom stereocenters. The first-order valence-corrected chi connectivity index (χ1v) is 3.26. The molecule has 0 heterocycles. The fourth-order valence-electron chi connectivity index (χ4n) is 0.384. The van der Waals surface area contributed by atoms with E-state index in [4.69, 9.17) is 5.73 Å². The molecule has 0 aromatic rings. The Morgan fingerprint density at radius 3 is 2.73 bits per heavy atom. The molecule has 0 spiro atoms. The lowest BCUT2D eigenvalue weighted by Crippen LogP contribution is -2.06. The van der Waals surface area contributed by atoms with Crippen molar-refractivity contribution in [1.82, 2.24) is 0 Å². The smallest absolute Gasteiger partial charge is 0.175 e. The molecule has 0 amide bonds. The lowest BCUT2D eigenvalue weighted by atomic mass is 10.3. The maximum absolute atomic E-state index is 5.38. The third-order valence-corrected chi connectivity index (χ3v) is 0.982. The number of rotatable bonds is 2. The Balaban J connectivity index is 4.29. The van der Waals surface area contributed by atoms with Gasteiger partial charge >= 0.3 is 0 Å². The SMILES string of the molecule is C=C/C(C)=C\N=C(N)C#CC. The van der Waals surface area contributed by atoms with Crippen molar-refractivity contribution in [2.24, 2.45) is 10.7 Å². The van der Waals surface area contributed by atoms with Crippen LogP contribution in [0.1, 0.15) is 13.8 Å². The number of aliphatic imine (C=N–C) groups is 1. The highest BCUT2D eigenvalue weighted by Crippen LogP contribution is 1.91. The van der Waals surface area contributed by atoms with Gasteiger partial charge in [-0.25, -0.2) is 4.99 Å². The molecule has 0 rings (SSSR count). The van der Waals surface area contributed by atoms with Crippen molar-refractivity contribution in [3.05, 3.63) is 24.4 Å². The molecule has 0 aliphatic rings. The van der Waals surface area contributed by atoms with Crippen molar-refractivity contribution in [3.63, 3.8) is 0 Å². The predicted octanol–water partition coefficient (Wildman–Crippen LogP) is 1.46. The molecule has 0 aromatic heterocycles. The number of allylic oxidation sites excluding steroid dienone is 2. The number of hydrogen-bond acceptors (Lipinski definition) is 1. The van der Waals surface area contributed by atoms with Gasteiger partial charge in [-0.05, 0) is 25.3 Å². The average molecular weight is 148 g/mol. The Kier molecular flexibility index (Phi) is 4.59. The van der Waals surface area contributed by atoms with Gasteiger partial charge in [-0.1, -0.05) is 18.6 Å². The van der Waals surface area contributed by atoms with Crippen LogP contribution in [0, 0.1) is 11.8 Å². The Labute approximate surface area is 67.5 Å². The summed E-state index contributed by atoms with van der Waals surface area (Å²) in [5.41, 5.74) is 6.35. The second kappa shape index (κ2) is 5.31. The van der Waals surface area contributed by atoms with Crippen LogP contribution < -0.4 is 5.73 Å². The van der Waals surface area contributed by atoms with Gasteiger partial charge in [-0.15, -0.1) is 0 Å². The van der Waals surface area contributed by atoms with E-state index in [0.29, 0.717) is 5.84 Å². The molecule has 0 aliphatic heterocycles. The second-order valence-corrected chi connectivity index (χ2v) is 1.97. The summed E-state index contributed by atoms with van der Waals surface area (Å²) in [5, 5.41) is 0. The normalized spacial score (nSPS) is 11.8. The molecule has 58 valence electrons. The molecule has 2 N–H and O–H groups in total. The zero-order valence-corrected chi connectivity index (χ0v) is 6.89. The van der Waals surface area contributed by atoms with E-state index in [1.807, 2.05) is 6.92 Å². The Bertz CT molecular complexity index is 248. The lowest BCUT2D eigenvalue weighted by Gasteiger charge is -1.86. The van der Waals surface area contributed by atoms with E-state index in [-0.39, 0.29) is 0 Å². The summed E-state index contributed by atoms with van der Waals surface area (Å²) >= 11 is 0. The van der Waals surface area contributed by atoms with E-state index >= 15 is 0 Å². The van der Waals surface area contributed by atoms with Crippen LogP contribution in [0.4, 0.5) is 0 Å². The van der Waals surface area contributed by atoms with E-state index in [1.165, 1.54) is 0 Å². The summed E-state index contributed by atoms with van der Waals surface area (Å²) in [7, 11) is 0. The standard InChI is InChI=1S/C9H12N2/c1-4-6-9(10)11-7-8(3)5-2/h5,7H,2H2,1,3H3,(H2,10,11)/b8-7-. The fourth-order valence-corrected chi connectivity index (χ4v) is 0.384. The van der Waals surface area contributed by atoms with Crippen molar-refractivity contribution in [3.8, 4) is 11.8 Å². The van der Waals surface area contributed by atoms with Crippen LogP contribution >= 0.6 is 0 Å². The topological polar surface area (TPSA) is 38.4 Å². The summed E-state index contributed by atoms with van der Waals surface area (Å²) in [5.74, 6) is 5.60. The van der Waals surface area contributed by atoms with Crippen LogP contribution in [-0.2, 0) is 0 Å². The molecule has 2 nitrogen and oxygen atoms in total. The predicted molar refractivity (Wildman–Crippen MR) is 49.0 cm³/mol. The van der Waals surface area contributed by atoms with Gasteiger partial charge in [-0.2, -0.15) is 0 Å². The zero-order chi connectivity index (χ0) is 8.69. The number of hydrogen-bond donors (Lipinski definition) is 1. The van der Waals surface area contributed by atoms with E-state index in [1.54, 1.807) is 19.2 Å². The third kappa shape index (κ3) is 4.98. The number of amidine groups is 1. The summed E-state index contributed by atoms with van der Waals surface area (Å²) in [6.07, 6.45) is 3.34. The highest BCUT2D eigenvalue weighted by molar-refractivity contribution is 5.97. The molecule has 0 radical (unpaired) electrons. The summed E-state index contributed by atoms with van der Waals surface area (Å²) in [6.45, 7) is 7.18. The molecule has 0 fully saturated rings. The van der Waals surface area contributed by atoms with E-state index in [9.17, 15) is 0 Å². The van der Waals surface area contributed by atoms with Crippen molar-refractivity contribution in [2.45, 2.75) is 13.8 Å². The van der Waals surface area contributed by atoms with Crippen LogP contribution in [0.2, 0.25) is 0 Å². The highest BCUT2D eigenvalue weighted by atomic mass is 14.8. The second-order valence-electron chi connectivity index (χ2n) is 1.97. The van der Waals surface area contributed by atoms with E-state index < -0.39 is 0 Å². The summed E-state index contributed by atoms with van der Waals surface area (Å²) in [4.78, 5) is 3.87. The van der Waals surface area contributed by atoms with Gasteiger partial charge in [0.05, 0.1) is 0 Å². The molecule has 11 heavy (non-hydrogen) atoms. The van der Waals surface area contributed by atoms with Gasteiger partial charge in [0.15, 0.2) is 5.84 Å². The highest BCUT2D eigenvalue weighted by Gasteiger charge is 1.79. The lowest BCUT2D eigenvalue weighted by molar-refractivity contribution is 1.42. The minimum absolute atomic E-state index is 0.328. The zero-order valence-electron chi connectivity index (χ0n) is 6.89. The van der Waals surface area contributed by atoms with Gasteiger partial charge < -0.3 is 5.73 Å². The molecule has 0 aliphatic carbocycles. The van der Waals surface area contributed by atoms with Gasteiger partial charge in [-0.3, -0.25) is 0 Å². The Morgan fingerprint density at radius 1 is 1.64 bits per heavy atom. The fraction of sp³-hybridized carbons (Fsp3) is 0.222. The van der Waals surface area contributed by atoms with Crippen LogP contribution in [0.25, 0.3) is 0 Å². The summed E-state index contributed by atoms with van der Waals surface area (Å²) in [6, 6.07) is 0. The quantitative estimate of drug-likeness (QED) is 0.274. The van der Waals surface area contributed by atoms with Crippen molar-refractivity contribution < 1.29 is 0 Å². The molecular weight excluding hydrogens is 136 g/mol. The number of nitrogens with two attached hydrogens (primary N) is 1. The maximum atomic E-state index is 5.38. The van der Waals surface area contributed by atoms with Crippen LogP contribution in [-0.4, -0.2) is 5.84 Å². The molecule has 0 bridgehead atoms. The van der Waals surface area contributed by atoms with Crippen molar-refractivity contribution in [1.29, 1.82) is 0 Å². The first kappa shape index (κ1) is 9.51. The monoisotopic (exact) mass is 148 g/mol. The van der Waals surface area contributed by atoms with Crippen molar-refractivity contribution in [2.75, 3.05) is 0 Å². The maximum Gasteiger partial charge on any atom is 0.175 e. The van der Waals surface area contributed by atoms with E-state index in [0.717, 1.165) is 5.57 Å². The minimum atomic E-state index is 0.328. The van der Waals surface area contributed by atoms with Crippen molar-refractivity contribution >= 4 is 5.84 Å². The molecule has 0 unspecified atom stereocenters. The van der Waals surface area contributed by atoms with Gasteiger partial charge in [0.1, 0.15) is 0 Å². The Morgan fingerprint density at radius 2 is 2.27 bits per heavy atom. The average Bonchev–Trinajstić information content (AvgIpc) is 2.01. The minimum Gasteiger partial charge on any atom is -0.377 e. The molecular formula is C9H12N2. The molecule has 0 saturated carbocycles. The molecule has 0 aromatic carbocycles. The summed E-state index contributed by atoms with van der Waals surface area (Å²) < 4.78 is 0. The first-order chi connectivity index (χ1) is 5.20. The largest absolute Gasteiger partial charge is 0.377 e. The number of nitrogens with zero attached hydrogens (tertiary/aromatic N) is 1. The van der Waals surface area contributed by atoms with E-state index in [2.05, 4.69) is 23.4 Å². The third-order valence-electron chi connectivity index (χ3n) is 0.982. The Hall–Kier alpha value is -1.49. The molecule has 2 heteroatoms. The van der Waals surface area contributed by atoms with Gasteiger partial charge in [0, 0.05) is 6.20 Å². The van der Waals surface area contributed by atoms with Crippen LogP contribution in [0.5, 0.6) is 0 Å². The van der Waals surface area contributed by atoms with Gasteiger partial charge in [0.2, 0.25) is 0 Å². The van der Waals surface area contributed by atoms with Gasteiger partial charge in [0.25, 0.3) is 0 Å². The van der Waals surface area contributed by atoms with Crippen LogP contribution in [0.15, 0.2) is 29.4 Å². The first-order valence-electron chi connectivity index (χ1n) is 3.26. The van der Waals surface area contributed by atoms with Crippen LogP contribution in [0.3, 0.4) is 0 Å². The molecule has 0 saturated heterocycles.